The fourth-order valence-corrected chi connectivity index (χ4v) is 3.73. The normalized spacial score (nSPS) is 63.2. The Kier molecular flexibility index (Phi) is 1.34. The lowest BCUT2D eigenvalue weighted by Crippen LogP contribution is -2.38. The van der Waals surface area contributed by atoms with Gasteiger partial charge in [0.1, 0.15) is 0 Å². The molecule has 3 rings (SSSR count). The molecular weight excluding hydrogens is 164 g/mol. The number of aliphatic hydroxyl groups is 2. The van der Waals surface area contributed by atoms with E-state index in [1.165, 1.54) is 6.42 Å². The molecule has 3 aliphatic rings. The molecule has 0 unspecified atom stereocenters. The van der Waals surface area contributed by atoms with Gasteiger partial charge in [-0.15, -0.1) is 0 Å². The Hall–Kier alpha value is -0.340. The Balaban J connectivity index is 1.96. The van der Waals surface area contributed by atoms with E-state index in [2.05, 4.69) is 12.2 Å². The number of hydrogen-bond donors (Lipinski definition) is 2. The molecule has 13 heavy (non-hydrogen) atoms. The molecule has 2 nitrogen and oxygen atoms in total. The maximum Gasteiger partial charge on any atom is 0.0883 e. The maximum absolute atomic E-state index is 9.97. The third kappa shape index (κ3) is 0.856. The molecule has 2 heteroatoms. The van der Waals surface area contributed by atoms with Crippen LogP contribution in [0.25, 0.3) is 0 Å². The van der Waals surface area contributed by atoms with E-state index in [4.69, 9.17) is 0 Å². The highest BCUT2D eigenvalue weighted by Crippen LogP contribution is 2.57. The maximum atomic E-state index is 9.97. The molecule has 0 spiro atoms. The van der Waals surface area contributed by atoms with E-state index in [1.54, 1.807) is 6.92 Å². The molecule has 0 aromatic carbocycles. The van der Waals surface area contributed by atoms with Gasteiger partial charge in [-0.1, -0.05) is 12.2 Å². The van der Waals surface area contributed by atoms with Crippen LogP contribution < -0.4 is 0 Å². The van der Waals surface area contributed by atoms with Crippen LogP contribution in [0.5, 0.6) is 0 Å². The van der Waals surface area contributed by atoms with Gasteiger partial charge < -0.3 is 10.2 Å². The average Bonchev–Trinajstić information content (AvgIpc) is 2.65. The summed E-state index contributed by atoms with van der Waals surface area (Å²) in [5.74, 6) is 2.06. The molecule has 0 heterocycles. The summed E-state index contributed by atoms with van der Waals surface area (Å²) in [4.78, 5) is 0. The Morgan fingerprint density at radius 1 is 1.31 bits per heavy atom. The van der Waals surface area contributed by atoms with Gasteiger partial charge in [0.2, 0.25) is 0 Å². The molecule has 0 aliphatic heterocycles. The zero-order chi connectivity index (χ0) is 9.22. The van der Waals surface area contributed by atoms with Crippen molar-refractivity contribution in [2.45, 2.75) is 31.5 Å². The van der Waals surface area contributed by atoms with Crippen LogP contribution in [0, 0.1) is 23.7 Å². The van der Waals surface area contributed by atoms with Crippen LogP contribution in [0.4, 0.5) is 0 Å². The van der Waals surface area contributed by atoms with Gasteiger partial charge in [-0.25, -0.2) is 0 Å². The van der Waals surface area contributed by atoms with Crippen molar-refractivity contribution in [3.8, 4) is 0 Å². The first-order valence-corrected chi connectivity index (χ1v) is 5.18. The fraction of sp³-hybridized carbons (Fsp3) is 0.818. The third-order valence-corrected chi connectivity index (χ3v) is 4.34. The third-order valence-electron chi connectivity index (χ3n) is 4.34. The summed E-state index contributed by atoms with van der Waals surface area (Å²) >= 11 is 0. The number of fused-ring (bicyclic) bond motifs is 5. The van der Waals surface area contributed by atoms with Gasteiger partial charge >= 0.3 is 0 Å². The topological polar surface area (TPSA) is 40.5 Å². The van der Waals surface area contributed by atoms with E-state index in [0.29, 0.717) is 23.7 Å². The smallest absolute Gasteiger partial charge is 0.0883 e. The molecular formula is C11H16O2. The largest absolute Gasteiger partial charge is 0.390 e. The molecule has 0 amide bonds. The molecule has 0 aromatic rings. The first-order valence-electron chi connectivity index (χ1n) is 5.18. The van der Waals surface area contributed by atoms with E-state index in [1.807, 2.05) is 0 Å². The second kappa shape index (κ2) is 2.18. The summed E-state index contributed by atoms with van der Waals surface area (Å²) in [6, 6.07) is 0. The van der Waals surface area contributed by atoms with Crippen molar-refractivity contribution < 1.29 is 10.2 Å². The van der Waals surface area contributed by atoms with Crippen molar-refractivity contribution in [1.29, 1.82) is 0 Å². The quantitative estimate of drug-likeness (QED) is 0.545. The highest BCUT2D eigenvalue weighted by atomic mass is 16.3. The predicted molar refractivity (Wildman–Crippen MR) is 49.0 cm³/mol. The van der Waals surface area contributed by atoms with Crippen LogP contribution in [0.15, 0.2) is 12.2 Å². The standard InChI is InChI=1S/C11H16O2/c1-11(13)5-8-6-2-3-7(4-6)9(8)10(11)12/h2-3,6-10,12-13H,4-5H2,1H3/t6-,7-,8+,9-,10-,11+/m0/s1. The second-order valence-electron chi connectivity index (χ2n) is 5.20. The van der Waals surface area contributed by atoms with Crippen molar-refractivity contribution in [1.82, 2.24) is 0 Å². The van der Waals surface area contributed by atoms with Crippen molar-refractivity contribution in [2.75, 3.05) is 0 Å². The van der Waals surface area contributed by atoms with E-state index < -0.39 is 11.7 Å². The molecule has 2 bridgehead atoms. The highest BCUT2D eigenvalue weighted by Gasteiger charge is 2.58. The fourth-order valence-electron chi connectivity index (χ4n) is 3.73. The van der Waals surface area contributed by atoms with Crippen LogP contribution in [0.1, 0.15) is 19.8 Å². The number of rotatable bonds is 0. The summed E-state index contributed by atoms with van der Waals surface area (Å²) in [6.45, 7) is 1.77. The van der Waals surface area contributed by atoms with Gasteiger partial charge in [0.05, 0.1) is 11.7 Å². The first kappa shape index (κ1) is 8.01. The van der Waals surface area contributed by atoms with E-state index in [9.17, 15) is 10.2 Å². The molecule has 72 valence electrons. The van der Waals surface area contributed by atoms with Gasteiger partial charge in [-0.3, -0.25) is 0 Å². The minimum absolute atomic E-state index is 0.338. The van der Waals surface area contributed by atoms with Crippen LogP contribution in [0.3, 0.4) is 0 Å². The molecule has 2 fully saturated rings. The van der Waals surface area contributed by atoms with Gasteiger partial charge in [0, 0.05) is 0 Å². The zero-order valence-electron chi connectivity index (χ0n) is 7.85. The first-order chi connectivity index (χ1) is 6.09. The van der Waals surface area contributed by atoms with E-state index >= 15 is 0 Å². The molecule has 2 saturated carbocycles. The summed E-state index contributed by atoms with van der Waals surface area (Å²) in [6.07, 6.45) is 6.00. The molecule has 0 saturated heterocycles. The zero-order valence-corrected chi connectivity index (χ0v) is 7.85. The van der Waals surface area contributed by atoms with E-state index in [-0.39, 0.29) is 0 Å². The lowest BCUT2D eigenvalue weighted by Gasteiger charge is -2.26. The van der Waals surface area contributed by atoms with Crippen molar-refractivity contribution >= 4 is 0 Å². The Morgan fingerprint density at radius 2 is 2.00 bits per heavy atom. The summed E-state index contributed by atoms with van der Waals surface area (Å²) in [7, 11) is 0. The predicted octanol–water partition coefficient (Wildman–Crippen LogP) is 0.940. The van der Waals surface area contributed by atoms with Gasteiger partial charge in [-0.2, -0.15) is 0 Å². The molecule has 0 aromatic heterocycles. The minimum Gasteiger partial charge on any atom is -0.390 e. The van der Waals surface area contributed by atoms with Crippen LogP contribution in [0.2, 0.25) is 0 Å². The van der Waals surface area contributed by atoms with Crippen LogP contribution in [-0.4, -0.2) is 21.9 Å². The highest BCUT2D eigenvalue weighted by molar-refractivity contribution is 5.20. The van der Waals surface area contributed by atoms with Crippen LogP contribution >= 0.6 is 0 Å². The minimum atomic E-state index is -0.835. The monoisotopic (exact) mass is 180 g/mol. The lowest BCUT2D eigenvalue weighted by molar-refractivity contribution is -0.0589. The number of allylic oxidation sites excluding steroid dienone is 2. The average molecular weight is 180 g/mol. The Labute approximate surface area is 78.3 Å². The number of aliphatic hydroxyl groups excluding tert-OH is 1. The molecule has 2 N–H and O–H groups in total. The van der Waals surface area contributed by atoms with Crippen LogP contribution in [-0.2, 0) is 0 Å². The number of hydrogen-bond acceptors (Lipinski definition) is 2. The summed E-state index contributed by atoms with van der Waals surface area (Å²) < 4.78 is 0. The Bertz CT molecular complexity index is 269. The van der Waals surface area contributed by atoms with Gasteiger partial charge in [0.15, 0.2) is 0 Å². The Morgan fingerprint density at radius 3 is 2.69 bits per heavy atom. The van der Waals surface area contributed by atoms with Crippen molar-refractivity contribution in [3.05, 3.63) is 12.2 Å². The van der Waals surface area contributed by atoms with Gasteiger partial charge in [-0.05, 0) is 43.4 Å². The van der Waals surface area contributed by atoms with Crippen molar-refractivity contribution in [3.63, 3.8) is 0 Å². The molecule has 6 atom stereocenters. The van der Waals surface area contributed by atoms with Crippen molar-refractivity contribution in [2.24, 2.45) is 23.7 Å². The second-order valence-corrected chi connectivity index (χ2v) is 5.20. The SMILES string of the molecule is C[C@@]1(O)C[C@H]2[C@H]([C@H]3C=C[C@H]2C3)[C@@H]1O. The summed E-state index contributed by atoms with van der Waals surface area (Å²) in [5.41, 5.74) is -0.835. The van der Waals surface area contributed by atoms with E-state index in [0.717, 1.165) is 6.42 Å². The molecule has 3 aliphatic carbocycles. The van der Waals surface area contributed by atoms with Gasteiger partial charge in [0.25, 0.3) is 0 Å². The summed E-state index contributed by atoms with van der Waals surface area (Å²) in [5, 5.41) is 19.9. The lowest BCUT2D eigenvalue weighted by atomic mass is 9.85. The molecule has 0 radical (unpaired) electrons.